The van der Waals surface area contributed by atoms with Crippen LogP contribution in [0.4, 0.5) is 0 Å². The number of hydrogen-bond acceptors (Lipinski definition) is 7. The lowest BCUT2D eigenvalue weighted by atomic mass is 9.75. The van der Waals surface area contributed by atoms with Gasteiger partial charge < -0.3 is 5.11 Å². The van der Waals surface area contributed by atoms with Gasteiger partial charge in [0, 0.05) is 5.41 Å². The molecular formula is C27H30O8S2. The first-order valence-electron chi connectivity index (χ1n) is 11.5. The Morgan fingerprint density at radius 3 is 1.54 bits per heavy atom. The minimum absolute atomic E-state index is 0.00848. The van der Waals surface area contributed by atoms with E-state index in [2.05, 4.69) is 0 Å². The molecule has 37 heavy (non-hydrogen) atoms. The van der Waals surface area contributed by atoms with Crippen molar-refractivity contribution in [2.45, 2.75) is 37.0 Å². The maximum atomic E-state index is 12.9. The van der Waals surface area contributed by atoms with E-state index < -0.39 is 50.8 Å². The number of aliphatic carboxylic acids is 1. The summed E-state index contributed by atoms with van der Waals surface area (Å²) < 4.78 is 62.1. The third-order valence-corrected chi connectivity index (χ3v) is 8.68. The Balaban J connectivity index is 1.92. The van der Waals surface area contributed by atoms with Gasteiger partial charge in [0.2, 0.25) is 0 Å². The van der Waals surface area contributed by atoms with Crippen LogP contribution >= 0.6 is 0 Å². The van der Waals surface area contributed by atoms with Crippen LogP contribution in [0.15, 0.2) is 88.7 Å². The molecule has 0 aliphatic heterocycles. The average Bonchev–Trinajstić information content (AvgIpc) is 2.86. The summed E-state index contributed by atoms with van der Waals surface area (Å²) in [5, 5.41) is 10.1. The van der Waals surface area contributed by atoms with Gasteiger partial charge in [0.1, 0.15) is 0 Å². The molecule has 1 unspecified atom stereocenters. The van der Waals surface area contributed by atoms with Crippen molar-refractivity contribution in [3.05, 3.63) is 95.6 Å². The fourth-order valence-electron chi connectivity index (χ4n) is 3.69. The van der Waals surface area contributed by atoms with Crippen LogP contribution in [0, 0.1) is 25.2 Å². The zero-order valence-electron chi connectivity index (χ0n) is 20.8. The van der Waals surface area contributed by atoms with Gasteiger partial charge in [-0.3, -0.25) is 13.2 Å². The second-order valence-electron chi connectivity index (χ2n) is 9.29. The first-order valence-corrected chi connectivity index (χ1v) is 14.3. The summed E-state index contributed by atoms with van der Waals surface area (Å²) in [5.41, 5.74) is 0.848. The quantitative estimate of drug-likeness (QED) is 0.332. The fourth-order valence-corrected chi connectivity index (χ4v) is 5.75. The Hall–Kier alpha value is -3.05. The lowest BCUT2D eigenvalue weighted by Gasteiger charge is -2.34. The highest BCUT2D eigenvalue weighted by Crippen LogP contribution is 2.34. The van der Waals surface area contributed by atoms with Crippen molar-refractivity contribution >= 4 is 26.2 Å². The molecule has 0 aliphatic rings. The maximum absolute atomic E-state index is 12.9. The van der Waals surface area contributed by atoms with E-state index in [0.29, 0.717) is 5.56 Å². The minimum Gasteiger partial charge on any atom is -0.481 e. The number of carbonyl (C=O) groups is 1. The summed E-state index contributed by atoms with van der Waals surface area (Å²) in [6.45, 7) is 3.83. The Morgan fingerprint density at radius 2 is 1.16 bits per heavy atom. The Morgan fingerprint density at radius 1 is 0.757 bits per heavy atom. The van der Waals surface area contributed by atoms with E-state index in [1.807, 2.05) is 0 Å². The van der Waals surface area contributed by atoms with Gasteiger partial charge in [-0.05, 0) is 50.1 Å². The highest BCUT2D eigenvalue weighted by Gasteiger charge is 2.42. The lowest BCUT2D eigenvalue weighted by molar-refractivity contribution is -0.148. The number of carboxylic acid groups (broad SMARTS) is 1. The number of rotatable bonds is 12. The molecule has 10 heteroatoms. The molecular weight excluding hydrogens is 516 g/mol. The molecule has 8 nitrogen and oxygen atoms in total. The predicted molar refractivity (Wildman–Crippen MR) is 138 cm³/mol. The molecule has 0 fully saturated rings. The molecule has 0 saturated heterocycles. The molecule has 3 rings (SSSR count). The molecule has 1 N–H and O–H groups in total. The monoisotopic (exact) mass is 546 g/mol. The standard InChI is InChI=1S/C27H30O8S2/c1-20-9-13-23(14-10-20)36(30,31)34-18-27(3,25(26(28)29)17-22-7-5-4-6-8-22)19-35-37(32,33)24-15-11-21(2)12-16-24/h4-16,25H,17-19H2,1-3H3,(H,28,29). The molecule has 0 aromatic heterocycles. The van der Waals surface area contributed by atoms with E-state index in [0.717, 1.165) is 11.1 Å². The van der Waals surface area contributed by atoms with Crippen LogP contribution in [-0.4, -0.2) is 41.1 Å². The average molecular weight is 547 g/mol. The van der Waals surface area contributed by atoms with Gasteiger partial charge in [0.15, 0.2) is 0 Å². The number of carboxylic acids is 1. The summed E-state index contributed by atoms with van der Waals surface area (Å²) in [6.07, 6.45) is 0.00848. The van der Waals surface area contributed by atoms with Gasteiger partial charge in [-0.25, -0.2) is 0 Å². The van der Waals surface area contributed by atoms with Crippen molar-refractivity contribution in [2.24, 2.45) is 11.3 Å². The summed E-state index contributed by atoms with van der Waals surface area (Å²) in [6, 6.07) is 20.8. The van der Waals surface area contributed by atoms with E-state index in [9.17, 15) is 26.7 Å². The summed E-state index contributed by atoms with van der Waals surface area (Å²) >= 11 is 0. The lowest BCUT2D eigenvalue weighted by Crippen LogP contribution is -2.43. The van der Waals surface area contributed by atoms with Crippen molar-refractivity contribution < 1.29 is 35.1 Å². The number of benzene rings is 3. The molecule has 0 saturated carbocycles. The second kappa shape index (κ2) is 11.6. The van der Waals surface area contributed by atoms with Gasteiger partial charge in [-0.15, -0.1) is 0 Å². The largest absolute Gasteiger partial charge is 0.481 e. The molecule has 0 aliphatic carbocycles. The van der Waals surface area contributed by atoms with Crippen molar-refractivity contribution in [1.29, 1.82) is 0 Å². The van der Waals surface area contributed by atoms with E-state index in [-0.39, 0.29) is 16.2 Å². The minimum atomic E-state index is -4.25. The molecule has 0 spiro atoms. The number of aryl methyl sites for hydroxylation is 2. The van der Waals surface area contributed by atoms with Gasteiger partial charge in [0.05, 0.1) is 28.9 Å². The van der Waals surface area contributed by atoms with Crippen LogP contribution in [0.3, 0.4) is 0 Å². The fraction of sp³-hybridized carbons (Fsp3) is 0.296. The Kier molecular flexibility index (Phi) is 8.91. The SMILES string of the molecule is Cc1ccc(S(=O)(=O)OCC(C)(COS(=O)(=O)c2ccc(C)cc2)C(Cc2ccccc2)C(=O)O)cc1. The van der Waals surface area contributed by atoms with Crippen LogP contribution in [0.1, 0.15) is 23.6 Å². The van der Waals surface area contributed by atoms with Gasteiger partial charge >= 0.3 is 5.97 Å². The Bertz CT molecular complexity index is 1330. The van der Waals surface area contributed by atoms with Crippen LogP contribution < -0.4 is 0 Å². The highest BCUT2D eigenvalue weighted by atomic mass is 32.2. The molecule has 0 radical (unpaired) electrons. The van der Waals surface area contributed by atoms with Crippen molar-refractivity contribution in [1.82, 2.24) is 0 Å². The van der Waals surface area contributed by atoms with Crippen LogP contribution in [0.2, 0.25) is 0 Å². The summed E-state index contributed by atoms with van der Waals surface area (Å²) in [7, 11) is -8.50. The first-order chi connectivity index (χ1) is 17.3. The van der Waals surface area contributed by atoms with Gasteiger partial charge in [0.25, 0.3) is 20.2 Å². The van der Waals surface area contributed by atoms with Crippen LogP contribution in [0.25, 0.3) is 0 Å². The van der Waals surface area contributed by atoms with Gasteiger partial charge in [-0.2, -0.15) is 16.8 Å². The summed E-state index contributed by atoms with van der Waals surface area (Å²) in [4.78, 5) is 12.2. The molecule has 0 heterocycles. The normalized spacial score (nSPS) is 13.3. The first kappa shape index (κ1) is 28.5. The van der Waals surface area contributed by atoms with Crippen molar-refractivity contribution in [2.75, 3.05) is 13.2 Å². The molecule has 0 amide bonds. The summed E-state index contributed by atoms with van der Waals surface area (Å²) in [5.74, 6) is -2.46. The van der Waals surface area contributed by atoms with E-state index in [1.165, 1.54) is 31.2 Å². The second-order valence-corrected chi connectivity index (χ2v) is 12.5. The zero-order chi connectivity index (χ0) is 27.3. The predicted octanol–water partition coefficient (Wildman–Crippen LogP) is 4.36. The molecule has 1 atom stereocenters. The van der Waals surface area contributed by atoms with Crippen LogP contribution in [-0.2, 0) is 39.8 Å². The third kappa shape index (κ3) is 7.48. The highest BCUT2D eigenvalue weighted by molar-refractivity contribution is 7.87. The van der Waals surface area contributed by atoms with Crippen LogP contribution in [0.5, 0.6) is 0 Å². The maximum Gasteiger partial charge on any atom is 0.307 e. The molecule has 3 aromatic carbocycles. The Labute approximate surface area is 218 Å². The third-order valence-electron chi connectivity index (χ3n) is 6.13. The topological polar surface area (TPSA) is 124 Å². The van der Waals surface area contributed by atoms with E-state index in [4.69, 9.17) is 8.37 Å². The smallest absolute Gasteiger partial charge is 0.307 e. The van der Waals surface area contributed by atoms with E-state index in [1.54, 1.807) is 68.4 Å². The van der Waals surface area contributed by atoms with E-state index >= 15 is 0 Å². The molecule has 0 bridgehead atoms. The van der Waals surface area contributed by atoms with Crippen molar-refractivity contribution in [3.8, 4) is 0 Å². The number of hydrogen-bond donors (Lipinski definition) is 1. The molecule has 3 aromatic rings. The van der Waals surface area contributed by atoms with Gasteiger partial charge in [-0.1, -0.05) is 72.6 Å². The molecule has 198 valence electrons. The zero-order valence-corrected chi connectivity index (χ0v) is 22.5. The van der Waals surface area contributed by atoms with Crippen molar-refractivity contribution in [3.63, 3.8) is 0 Å².